The van der Waals surface area contributed by atoms with Crippen molar-refractivity contribution >= 4 is 23.2 Å². The van der Waals surface area contributed by atoms with Gasteiger partial charge in [-0.3, -0.25) is 9.59 Å². The summed E-state index contributed by atoms with van der Waals surface area (Å²) in [5.74, 6) is 0.151. The Hall–Kier alpha value is -1.84. The van der Waals surface area contributed by atoms with Crippen LogP contribution in [0.1, 0.15) is 64.9 Å². The molecule has 1 saturated carbocycles. The first kappa shape index (κ1) is 16.0. The lowest BCUT2D eigenvalue weighted by molar-refractivity contribution is -0.122. The predicted octanol–water partition coefficient (Wildman–Crippen LogP) is 4.22. The van der Waals surface area contributed by atoms with Gasteiger partial charge in [-0.25, -0.2) is 0 Å². The van der Waals surface area contributed by atoms with Crippen molar-refractivity contribution in [3.05, 3.63) is 23.8 Å². The average Bonchev–Trinajstić information content (AvgIpc) is 2.71. The van der Waals surface area contributed by atoms with Crippen LogP contribution in [0.2, 0.25) is 0 Å². The van der Waals surface area contributed by atoms with E-state index < -0.39 is 0 Å². The molecule has 1 aromatic rings. The Morgan fingerprint density at radius 2 is 1.91 bits per heavy atom. The van der Waals surface area contributed by atoms with Gasteiger partial charge in [0.1, 0.15) is 0 Å². The number of carbonyl (C=O) groups is 2. The Kier molecular flexibility index (Phi) is 3.95. The molecule has 4 heteroatoms. The van der Waals surface area contributed by atoms with E-state index in [4.69, 9.17) is 0 Å². The third kappa shape index (κ3) is 3.12. The number of amides is 2. The van der Waals surface area contributed by atoms with E-state index in [2.05, 4.69) is 31.4 Å². The van der Waals surface area contributed by atoms with Crippen molar-refractivity contribution in [2.24, 2.45) is 5.41 Å². The molecule has 4 nitrogen and oxygen atoms in total. The Labute approximate surface area is 138 Å². The first-order valence-corrected chi connectivity index (χ1v) is 8.56. The van der Waals surface area contributed by atoms with Gasteiger partial charge in [0.2, 0.25) is 11.8 Å². The zero-order valence-electron chi connectivity index (χ0n) is 14.3. The number of rotatable bonds is 2. The van der Waals surface area contributed by atoms with Crippen molar-refractivity contribution < 1.29 is 9.59 Å². The highest BCUT2D eigenvalue weighted by molar-refractivity contribution is 6.07. The summed E-state index contributed by atoms with van der Waals surface area (Å²) in [6.45, 7) is 6.15. The summed E-state index contributed by atoms with van der Waals surface area (Å²) in [6.07, 6.45) is 5.68. The number of fused-ring (bicyclic) bond motifs is 2. The van der Waals surface area contributed by atoms with Crippen LogP contribution in [0.25, 0.3) is 0 Å². The Morgan fingerprint density at radius 3 is 2.57 bits per heavy atom. The lowest BCUT2D eigenvalue weighted by Crippen LogP contribution is -2.36. The summed E-state index contributed by atoms with van der Waals surface area (Å²) >= 11 is 0. The standard InChI is InChI=1S/C19H26N2O2/c1-18(2,3)12-16(22)20-13-7-8-15-14(11-13)19(17(23)21-15)9-5-4-6-10-19/h7-8,11H,4-6,9-10,12H2,1-3H3,(H,20,22)(H,21,23). The summed E-state index contributed by atoms with van der Waals surface area (Å²) in [7, 11) is 0. The van der Waals surface area contributed by atoms with Crippen LogP contribution >= 0.6 is 0 Å². The van der Waals surface area contributed by atoms with E-state index in [0.717, 1.165) is 42.6 Å². The third-order valence-corrected chi connectivity index (χ3v) is 4.90. The van der Waals surface area contributed by atoms with Gasteiger partial charge in [-0.1, -0.05) is 40.0 Å². The predicted molar refractivity (Wildman–Crippen MR) is 92.5 cm³/mol. The van der Waals surface area contributed by atoms with Crippen LogP contribution in [0.5, 0.6) is 0 Å². The number of carbonyl (C=O) groups excluding carboxylic acids is 2. The monoisotopic (exact) mass is 314 g/mol. The molecule has 0 unspecified atom stereocenters. The Morgan fingerprint density at radius 1 is 1.22 bits per heavy atom. The van der Waals surface area contributed by atoms with Crippen LogP contribution in [0.15, 0.2) is 18.2 Å². The molecule has 1 aromatic carbocycles. The molecule has 3 rings (SSSR count). The fraction of sp³-hybridized carbons (Fsp3) is 0.579. The number of hydrogen-bond donors (Lipinski definition) is 2. The van der Waals surface area contributed by atoms with Crippen molar-refractivity contribution in [2.75, 3.05) is 10.6 Å². The second-order valence-electron chi connectivity index (χ2n) is 8.14. The Balaban J connectivity index is 1.85. The van der Waals surface area contributed by atoms with Crippen molar-refractivity contribution in [3.63, 3.8) is 0 Å². The highest BCUT2D eigenvalue weighted by Gasteiger charge is 2.47. The molecule has 1 aliphatic heterocycles. The molecule has 1 fully saturated rings. The molecule has 2 amide bonds. The smallest absolute Gasteiger partial charge is 0.235 e. The van der Waals surface area contributed by atoms with E-state index in [0.29, 0.717) is 6.42 Å². The largest absolute Gasteiger partial charge is 0.326 e. The highest BCUT2D eigenvalue weighted by atomic mass is 16.2. The van der Waals surface area contributed by atoms with Gasteiger partial charge in [0.25, 0.3) is 0 Å². The van der Waals surface area contributed by atoms with E-state index in [1.54, 1.807) is 0 Å². The van der Waals surface area contributed by atoms with Crippen LogP contribution in [0.3, 0.4) is 0 Å². The molecule has 0 radical (unpaired) electrons. The quantitative estimate of drug-likeness (QED) is 0.859. The van der Waals surface area contributed by atoms with Gasteiger partial charge in [0, 0.05) is 17.8 Å². The maximum absolute atomic E-state index is 12.5. The minimum absolute atomic E-state index is 0.0208. The summed E-state index contributed by atoms with van der Waals surface area (Å²) in [4.78, 5) is 24.7. The maximum atomic E-state index is 12.5. The van der Waals surface area contributed by atoms with Gasteiger partial charge in [0.05, 0.1) is 5.41 Å². The first-order valence-electron chi connectivity index (χ1n) is 8.56. The molecule has 2 N–H and O–H groups in total. The molecule has 0 atom stereocenters. The van der Waals surface area contributed by atoms with Crippen molar-refractivity contribution in [2.45, 2.75) is 64.7 Å². The number of anilines is 2. The molecular formula is C19H26N2O2. The molecular weight excluding hydrogens is 288 g/mol. The summed E-state index contributed by atoms with van der Waals surface area (Å²) in [5, 5.41) is 6.01. The van der Waals surface area contributed by atoms with Crippen molar-refractivity contribution in [1.29, 1.82) is 0 Å². The second kappa shape index (κ2) is 5.66. The minimum Gasteiger partial charge on any atom is -0.326 e. The average molecular weight is 314 g/mol. The lowest BCUT2D eigenvalue weighted by atomic mass is 9.70. The molecule has 0 saturated heterocycles. The van der Waals surface area contributed by atoms with Crippen LogP contribution in [0, 0.1) is 5.41 Å². The normalized spacial score (nSPS) is 19.3. The van der Waals surface area contributed by atoms with Crippen LogP contribution in [0.4, 0.5) is 11.4 Å². The van der Waals surface area contributed by atoms with Gasteiger partial charge in [-0.15, -0.1) is 0 Å². The van der Waals surface area contributed by atoms with E-state index in [-0.39, 0.29) is 22.6 Å². The maximum Gasteiger partial charge on any atom is 0.235 e. The molecule has 0 aromatic heterocycles. The first-order chi connectivity index (χ1) is 10.8. The molecule has 1 heterocycles. The molecule has 2 aliphatic rings. The van der Waals surface area contributed by atoms with E-state index >= 15 is 0 Å². The summed E-state index contributed by atoms with van der Waals surface area (Å²) in [6, 6.07) is 5.80. The molecule has 1 spiro atoms. The zero-order valence-corrected chi connectivity index (χ0v) is 14.3. The van der Waals surface area contributed by atoms with E-state index in [9.17, 15) is 9.59 Å². The van der Waals surface area contributed by atoms with Crippen molar-refractivity contribution in [3.8, 4) is 0 Å². The number of hydrogen-bond acceptors (Lipinski definition) is 2. The van der Waals surface area contributed by atoms with Gasteiger partial charge in [-0.2, -0.15) is 0 Å². The SMILES string of the molecule is CC(C)(C)CC(=O)Nc1ccc2c(c1)C1(CCCCC1)C(=O)N2. The van der Waals surface area contributed by atoms with Crippen LogP contribution in [-0.2, 0) is 15.0 Å². The topological polar surface area (TPSA) is 58.2 Å². The van der Waals surface area contributed by atoms with Gasteiger partial charge in [0.15, 0.2) is 0 Å². The van der Waals surface area contributed by atoms with Gasteiger partial charge < -0.3 is 10.6 Å². The molecule has 124 valence electrons. The number of nitrogens with one attached hydrogen (secondary N) is 2. The Bertz CT molecular complexity index is 637. The molecule has 23 heavy (non-hydrogen) atoms. The second-order valence-corrected chi connectivity index (χ2v) is 8.14. The zero-order chi connectivity index (χ0) is 16.7. The van der Waals surface area contributed by atoms with E-state index in [1.165, 1.54) is 6.42 Å². The molecule has 1 aliphatic carbocycles. The van der Waals surface area contributed by atoms with Gasteiger partial charge in [-0.05, 0) is 42.0 Å². The minimum atomic E-state index is -0.377. The van der Waals surface area contributed by atoms with Crippen molar-refractivity contribution in [1.82, 2.24) is 0 Å². The van der Waals surface area contributed by atoms with Gasteiger partial charge >= 0.3 is 0 Å². The summed E-state index contributed by atoms with van der Waals surface area (Å²) < 4.78 is 0. The third-order valence-electron chi connectivity index (χ3n) is 4.90. The summed E-state index contributed by atoms with van der Waals surface area (Å²) in [5.41, 5.74) is 2.35. The fourth-order valence-electron chi connectivity index (χ4n) is 3.83. The fourth-order valence-corrected chi connectivity index (χ4v) is 3.83. The molecule has 0 bridgehead atoms. The number of benzene rings is 1. The lowest BCUT2D eigenvalue weighted by Gasteiger charge is -2.31. The van der Waals surface area contributed by atoms with Crippen LogP contribution < -0.4 is 10.6 Å². The van der Waals surface area contributed by atoms with E-state index in [1.807, 2.05) is 18.2 Å². The van der Waals surface area contributed by atoms with Crippen LogP contribution in [-0.4, -0.2) is 11.8 Å². The highest BCUT2D eigenvalue weighted by Crippen LogP contribution is 2.48.